The quantitative estimate of drug-likeness (QED) is 0.532. The van der Waals surface area contributed by atoms with E-state index in [1.54, 1.807) is 0 Å². The van der Waals surface area contributed by atoms with Gasteiger partial charge in [-0.15, -0.1) is 0 Å². The zero-order valence-electron chi connectivity index (χ0n) is 9.65. The fourth-order valence-corrected chi connectivity index (χ4v) is 3.59. The van der Waals surface area contributed by atoms with Crippen LogP contribution >= 0.6 is 0 Å². The first-order chi connectivity index (χ1) is 5.89. The molecule has 0 radical (unpaired) electrons. The van der Waals surface area contributed by atoms with Crippen LogP contribution in [0.4, 0.5) is 0 Å². The Hall–Kier alpha value is -0.260. The molecule has 0 aromatic heterocycles. The van der Waals surface area contributed by atoms with E-state index in [4.69, 9.17) is 0 Å². The van der Waals surface area contributed by atoms with Crippen molar-refractivity contribution in [2.45, 2.75) is 47.5 Å². The summed E-state index contributed by atoms with van der Waals surface area (Å²) >= 11 is 0. The van der Waals surface area contributed by atoms with E-state index in [9.17, 15) is 0 Å². The lowest BCUT2D eigenvalue weighted by atomic mass is 9.32. The molecule has 0 N–H and O–H groups in total. The highest BCUT2D eigenvalue weighted by Gasteiger charge is 2.67. The Balaban J connectivity index is 2.21. The minimum Gasteiger partial charge on any atom is -0.0819 e. The fourth-order valence-electron chi connectivity index (χ4n) is 3.59. The summed E-state index contributed by atoms with van der Waals surface area (Å²) < 4.78 is 0. The van der Waals surface area contributed by atoms with E-state index < -0.39 is 0 Å². The lowest BCUT2D eigenvalue weighted by molar-refractivity contribution is -0.226. The molecule has 0 nitrogen and oxygen atoms in total. The second-order valence-electron chi connectivity index (χ2n) is 6.05. The summed E-state index contributed by atoms with van der Waals surface area (Å²) in [5, 5.41) is 0. The summed E-state index contributed by atoms with van der Waals surface area (Å²) in [6.45, 7) is 11.8. The maximum Gasteiger partial charge on any atom is -0.0141 e. The zero-order chi connectivity index (χ0) is 9.85. The van der Waals surface area contributed by atoms with Crippen molar-refractivity contribution in [1.29, 1.82) is 0 Å². The number of fused-ring (bicyclic) bond motifs is 1. The van der Waals surface area contributed by atoms with Crippen LogP contribution in [0.1, 0.15) is 47.5 Å². The Bertz CT molecular complexity index is 255. The highest BCUT2D eigenvalue weighted by molar-refractivity contribution is 5.22. The molecule has 2 rings (SSSR count). The van der Waals surface area contributed by atoms with Gasteiger partial charge < -0.3 is 0 Å². The van der Waals surface area contributed by atoms with Crippen molar-refractivity contribution >= 4 is 0 Å². The average Bonchev–Trinajstić information content (AvgIpc) is 1.98. The summed E-state index contributed by atoms with van der Waals surface area (Å²) in [6, 6.07) is 0. The maximum absolute atomic E-state index is 2.51. The maximum atomic E-state index is 2.51. The first-order valence-corrected chi connectivity index (χ1v) is 5.54. The monoisotopic (exact) mass is 178 g/mol. The lowest BCUT2D eigenvalue weighted by Gasteiger charge is -2.72. The van der Waals surface area contributed by atoms with Crippen molar-refractivity contribution in [2.24, 2.45) is 22.7 Å². The molecule has 0 heterocycles. The van der Waals surface area contributed by atoms with Gasteiger partial charge in [-0.25, -0.2) is 0 Å². The molecule has 0 heteroatoms. The van der Waals surface area contributed by atoms with E-state index in [-0.39, 0.29) is 0 Å². The van der Waals surface area contributed by atoms with Crippen LogP contribution in [0.25, 0.3) is 0 Å². The third-order valence-corrected chi connectivity index (χ3v) is 5.04. The van der Waals surface area contributed by atoms with Crippen LogP contribution in [0.3, 0.4) is 0 Å². The smallest absolute Gasteiger partial charge is 0.0141 e. The van der Waals surface area contributed by atoms with Crippen LogP contribution in [-0.2, 0) is 0 Å². The van der Waals surface area contributed by atoms with Gasteiger partial charge in [0.05, 0.1) is 0 Å². The van der Waals surface area contributed by atoms with Crippen molar-refractivity contribution in [3.05, 3.63) is 11.6 Å². The van der Waals surface area contributed by atoms with Gasteiger partial charge in [0.1, 0.15) is 0 Å². The van der Waals surface area contributed by atoms with Gasteiger partial charge in [0.15, 0.2) is 0 Å². The molecule has 0 aromatic rings. The van der Waals surface area contributed by atoms with Crippen molar-refractivity contribution in [3.8, 4) is 0 Å². The van der Waals surface area contributed by atoms with Gasteiger partial charge in [-0.3, -0.25) is 0 Å². The Morgan fingerprint density at radius 2 is 1.85 bits per heavy atom. The third kappa shape index (κ3) is 0.923. The second-order valence-corrected chi connectivity index (χ2v) is 6.05. The first kappa shape index (κ1) is 9.30. The number of allylic oxidation sites excluding steroid dienone is 2. The van der Waals surface area contributed by atoms with E-state index in [2.05, 4.69) is 40.7 Å². The van der Waals surface area contributed by atoms with Gasteiger partial charge in [-0.1, -0.05) is 32.4 Å². The standard InChI is InChI=1S/C13H22/c1-9(2)8-11-10-6-7-13(10,5)12(11,3)4/h8,10-11H,6-7H2,1-5H3. The molecule has 3 atom stereocenters. The molecule has 3 unspecified atom stereocenters. The first-order valence-electron chi connectivity index (χ1n) is 5.54. The van der Waals surface area contributed by atoms with Crippen molar-refractivity contribution in [2.75, 3.05) is 0 Å². The molecule has 0 saturated heterocycles. The van der Waals surface area contributed by atoms with Gasteiger partial charge in [-0.05, 0) is 49.4 Å². The van der Waals surface area contributed by atoms with Crippen LogP contribution in [0.2, 0.25) is 0 Å². The highest BCUT2D eigenvalue weighted by Crippen LogP contribution is 2.74. The van der Waals surface area contributed by atoms with Gasteiger partial charge in [-0.2, -0.15) is 0 Å². The molecule has 2 saturated carbocycles. The molecular weight excluding hydrogens is 156 g/mol. The number of rotatable bonds is 1. The Morgan fingerprint density at radius 1 is 1.23 bits per heavy atom. The molecule has 0 spiro atoms. The third-order valence-electron chi connectivity index (χ3n) is 5.04. The largest absolute Gasteiger partial charge is 0.0819 e. The van der Waals surface area contributed by atoms with Gasteiger partial charge in [0, 0.05) is 0 Å². The predicted octanol–water partition coefficient (Wildman–Crippen LogP) is 4.02. The topological polar surface area (TPSA) is 0 Å². The predicted molar refractivity (Wildman–Crippen MR) is 57.5 cm³/mol. The van der Waals surface area contributed by atoms with Crippen molar-refractivity contribution in [1.82, 2.24) is 0 Å². The SMILES string of the molecule is CC(C)=CC1C2CCC2(C)C1(C)C. The zero-order valence-corrected chi connectivity index (χ0v) is 9.65. The Kier molecular flexibility index (Phi) is 1.72. The van der Waals surface area contributed by atoms with Gasteiger partial charge in [0.25, 0.3) is 0 Å². The summed E-state index contributed by atoms with van der Waals surface area (Å²) in [7, 11) is 0. The normalized spacial score (nSPS) is 45.6. The van der Waals surface area contributed by atoms with Crippen LogP contribution in [-0.4, -0.2) is 0 Å². The molecule has 0 aromatic carbocycles. The van der Waals surface area contributed by atoms with Crippen LogP contribution in [0.15, 0.2) is 11.6 Å². The minimum atomic E-state index is 0.549. The minimum absolute atomic E-state index is 0.549. The van der Waals surface area contributed by atoms with Gasteiger partial charge in [0.2, 0.25) is 0 Å². The molecule has 2 aliphatic carbocycles. The molecule has 2 fully saturated rings. The summed E-state index contributed by atoms with van der Waals surface area (Å²) in [6.07, 6.45) is 5.43. The summed E-state index contributed by atoms with van der Waals surface area (Å²) in [4.78, 5) is 0. The number of hydrogen-bond acceptors (Lipinski definition) is 0. The van der Waals surface area contributed by atoms with Crippen LogP contribution in [0, 0.1) is 22.7 Å². The van der Waals surface area contributed by atoms with E-state index in [1.165, 1.54) is 18.4 Å². The molecule has 2 aliphatic rings. The average molecular weight is 178 g/mol. The van der Waals surface area contributed by atoms with E-state index in [0.29, 0.717) is 10.8 Å². The van der Waals surface area contributed by atoms with E-state index in [1.807, 2.05) is 0 Å². The van der Waals surface area contributed by atoms with Crippen molar-refractivity contribution in [3.63, 3.8) is 0 Å². The van der Waals surface area contributed by atoms with Gasteiger partial charge >= 0.3 is 0 Å². The Morgan fingerprint density at radius 3 is 2.15 bits per heavy atom. The molecule has 74 valence electrons. The Labute approximate surface area is 82.4 Å². The fraction of sp³-hybridized carbons (Fsp3) is 0.846. The highest BCUT2D eigenvalue weighted by atomic mass is 14.7. The number of hydrogen-bond donors (Lipinski definition) is 0. The molecule has 0 amide bonds. The molecule has 13 heavy (non-hydrogen) atoms. The summed E-state index contributed by atoms with van der Waals surface area (Å²) in [5.41, 5.74) is 2.71. The van der Waals surface area contributed by atoms with Crippen LogP contribution in [0.5, 0.6) is 0 Å². The van der Waals surface area contributed by atoms with Crippen molar-refractivity contribution < 1.29 is 0 Å². The van der Waals surface area contributed by atoms with Crippen LogP contribution < -0.4 is 0 Å². The molecule has 0 bridgehead atoms. The lowest BCUT2D eigenvalue weighted by Crippen LogP contribution is -2.66. The molecule has 0 aliphatic heterocycles. The van der Waals surface area contributed by atoms with E-state index >= 15 is 0 Å². The second kappa shape index (κ2) is 2.40. The molecular formula is C13H22. The summed E-state index contributed by atoms with van der Waals surface area (Å²) in [5.74, 6) is 1.86. The van der Waals surface area contributed by atoms with E-state index in [0.717, 1.165) is 11.8 Å².